The summed E-state index contributed by atoms with van der Waals surface area (Å²) in [6, 6.07) is 39.5. The average Bonchev–Trinajstić information content (AvgIpc) is 3.44. The highest BCUT2D eigenvalue weighted by atomic mass is 19.3. The van der Waals surface area contributed by atoms with Gasteiger partial charge in [0.05, 0.1) is 16.7 Å². The molecule has 6 aromatic carbocycles. The van der Waals surface area contributed by atoms with E-state index in [0.29, 0.717) is 22.6 Å². The summed E-state index contributed by atoms with van der Waals surface area (Å²) >= 11 is 0. The van der Waals surface area contributed by atoms with Crippen molar-refractivity contribution in [3.05, 3.63) is 190 Å². The molecule has 0 aliphatic heterocycles. The first kappa shape index (κ1) is 67.8. The van der Waals surface area contributed by atoms with E-state index in [0.717, 1.165) is 54.0 Å². The molecular weight excluding hydrogens is 893 g/mol. The fourth-order valence-corrected chi connectivity index (χ4v) is 5.28. The van der Waals surface area contributed by atoms with E-state index in [1.54, 1.807) is 54.6 Å². The molecule has 0 fully saturated rings. The van der Waals surface area contributed by atoms with Gasteiger partial charge in [-0.3, -0.25) is 4.94 Å². The third-order valence-corrected chi connectivity index (χ3v) is 8.85. The maximum absolute atomic E-state index is 14.0. The van der Waals surface area contributed by atoms with Gasteiger partial charge in [0.25, 0.3) is 0 Å². The van der Waals surface area contributed by atoms with Crippen LogP contribution in [-0.2, 0) is 38.5 Å². The summed E-state index contributed by atoms with van der Waals surface area (Å²) in [5.74, 6) is -0.653. The number of ether oxygens (including phenoxy) is 3. The van der Waals surface area contributed by atoms with Crippen molar-refractivity contribution in [3.63, 3.8) is 0 Å². The Labute approximate surface area is 419 Å². The van der Waals surface area contributed by atoms with Crippen molar-refractivity contribution in [1.29, 1.82) is 0 Å². The minimum atomic E-state index is -3.50. The van der Waals surface area contributed by atoms with Crippen LogP contribution in [0.15, 0.2) is 146 Å². The second kappa shape index (κ2) is 42.7. The van der Waals surface area contributed by atoms with Crippen LogP contribution in [0, 0.1) is 0 Å². The predicted molar refractivity (Wildman–Crippen MR) is 285 cm³/mol. The molecule has 0 heterocycles. The van der Waals surface area contributed by atoms with Gasteiger partial charge >= 0.3 is 18.0 Å². The number of carbonyl (C=O) groups excluding carboxylic acids is 2. The molecule has 6 rings (SSSR count). The van der Waals surface area contributed by atoms with E-state index in [2.05, 4.69) is 30.4 Å². The van der Waals surface area contributed by atoms with E-state index < -0.39 is 18.0 Å². The highest BCUT2D eigenvalue weighted by molar-refractivity contribution is 5.92. The fraction of sp³-hybridized carbons (Fsp3) is 0.367. The molecule has 70 heavy (non-hydrogen) atoms. The molecule has 0 spiro atoms. The molecule has 0 N–H and O–H groups in total. The Morgan fingerprint density at radius 3 is 1.03 bits per heavy atom. The van der Waals surface area contributed by atoms with Gasteiger partial charge in [-0.2, -0.15) is 8.78 Å². The predicted octanol–water partition coefficient (Wildman–Crippen LogP) is 18.8. The number of alkyl halides is 3. The second-order valence-electron chi connectivity index (χ2n) is 12.9. The highest BCUT2D eigenvalue weighted by Crippen LogP contribution is 2.33. The molecule has 0 atom stereocenters. The molecule has 0 saturated carbocycles. The number of hydrogen-bond acceptors (Lipinski definition) is 6. The number of carbonyl (C=O) groups is 2. The van der Waals surface area contributed by atoms with Gasteiger partial charge in [-0.25, -0.2) is 14.0 Å². The monoisotopic (exact) mass is 975 g/mol. The summed E-state index contributed by atoms with van der Waals surface area (Å²) in [5.41, 5.74) is 5.95. The van der Waals surface area contributed by atoms with Crippen LogP contribution < -0.4 is 19.2 Å². The molecule has 6 aromatic rings. The Bertz CT molecular complexity index is 2070. The molecule has 0 saturated heterocycles. The third-order valence-electron chi connectivity index (χ3n) is 8.85. The smallest absolute Gasteiger partial charge is 0.426 e. The van der Waals surface area contributed by atoms with Crippen molar-refractivity contribution in [1.82, 2.24) is 0 Å². The summed E-state index contributed by atoms with van der Waals surface area (Å²) in [4.78, 5) is 28.1. The van der Waals surface area contributed by atoms with Crippen molar-refractivity contribution in [2.75, 3.05) is 0 Å². The largest absolute Gasteiger partial charge is 0.429 e. The normalized spacial score (nSPS) is 9.26. The molecule has 0 amide bonds. The number of halogens is 4. The molecule has 386 valence electrons. The first-order chi connectivity index (χ1) is 34.0. The SMILES string of the molecule is CC.CC.CC.CC.CC.CC.CCc1ccc(C(=O)Oc2cccc(OC(=O)c3ccc(CC)cc3)c2)cc1.CCc1ccc(C(F)(F)Oc2cccc(OF)c2)cc1.CCc1ccc(CF)cc1. The lowest BCUT2D eigenvalue weighted by Gasteiger charge is -2.18. The number of hydrogen-bond donors (Lipinski definition) is 0. The van der Waals surface area contributed by atoms with Crippen molar-refractivity contribution in [2.45, 2.75) is 149 Å². The Morgan fingerprint density at radius 1 is 0.414 bits per heavy atom. The summed E-state index contributed by atoms with van der Waals surface area (Å²) in [6.45, 7) is 31.8. The molecule has 10 heteroatoms. The van der Waals surface area contributed by atoms with Crippen LogP contribution in [0.3, 0.4) is 0 Å². The fourth-order valence-electron chi connectivity index (χ4n) is 5.28. The van der Waals surface area contributed by atoms with Crippen molar-refractivity contribution < 1.29 is 46.4 Å². The first-order valence-corrected chi connectivity index (χ1v) is 24.9. The lowest BCUT2D eigenvalue weighted by Crippen LogP contribution is -2.21. The van der Waals surface area contributed by atoms with Crippen molar-refractivity contribution >= 4 is 11.9 Å². The molecule has 0 aliphatic rings. The van der Waals surface area contributed by atoms with E-state index in [-0.39, 0.29) is 23.7 Å². The van der Waals surface area contributed by atoms with Crippen LogP contribution in [-0.4, -0.2) is 11.9 Å². The Morgan fingerprint density at radius 2 is 0.700 bits per heavy atom. The average molecular weight is 975 g/mol. The van der Waals surface area contributed by atoms with Crippen LogP contribution in [0.5, 0.6) is 23.0 Å². The van der Waals surface area contributed by atoms with Gasteiger partial charge in [0.15, 0.2) is 5.75 Å². The maximum atomic E-state index is 14.0. The highest BCUT2D eigenvalue weighted by Gasteiger charge is 2.34. The number of benzene rings is 6. The molecule has 0 aliphatic carbocycles. The summed E-state index contributed by atoms with van der Waals surface area (Å²) in [6.07, 6.45) is 0.101. The number of rotatable bonds is 13. The lowest BCUT2D eigenvalue weighted by atomic mass is 10.1. The summed E-state index contributed by atoms with van der Waals surface area (Å²) < 4.78 is 67.3. The van der Waals surface area contributed by atoms with E-state index >= 15 is 0 Å². The van der Waals surface area contributed by atoms with Crippen molar-refractivity contribution in [3.8, 4) is 23.0 Å². The van der Waals surface area contributed by atoms with Crippen LogP contribution in [0.1, 0.15) is 165 Å². The molecule has 0 bridgehead atoms. The van der Waals surface area contributed by atoms with E-state index in [1.807, 2.05) is 139 Å². The van der Waals surface area contributed by atoms with Crippen LogP contribution in [0.4, 0.5) is 17.7 Å². The molecule has 6 nitrogen and oxygen atoms in total. The Kier molecular flexibility index (Phi) is 41.4. The van der Waals surface area contributed by atoms with E-state index in [9.17, 15) is 27.3 Å². The van der Waals surface area contributed by atoms with Crippen LogP contribution in [0.25, 0.3) is 0 Å². The minimum absolute atomic E-state index is 0.176. The van der Waals surface area contributed by atoms with Crippen LogP contribution >= 0.6 is 0 Å². The minimum Gasteiger partial charge on any atom is -0.429 e. The zero-order chi connectivity index (χ0) is 53.9. The van der Waals surface area contributed by atoms with Gasteiger partial charge in [-0.1, -0.05) is 184 Å². The number of aryl methyl sites for hydroxylation is 4. The Hall–Kier alpha value is -6.42. The standard InChI is InChI=1S/C24H22O4.C15H13F3O2.C9H11F.6C2H6/c1-3-17-8-12-19(13-9-17)23(25)27-21-6-5-7-22(16-21)28-24(26)20-14-10-18(4-2)11-15-20;1-2-11-6-8-12(9-7-11)15(16,17)19-13-4-3-5-14(10-13)20-18;1-2-8-3-5-9(7-10)6-4-8;6*1-2/h5-16H,3-4H2,1-2H3;3-10H,2H2,1H3;3-6H,2,7H2,1H3;6*1-2H3. The molecule has 0 unspecified atom stereocenters. The number of esters is 2. The molecular formula is C60H82F4O6. The van der Waals surface area contributed by atoms with Gasteiger partial charge in [0.1, 0.15) is 23.9 Å². The zero-order valence-corrected chi connectivity index (χ0v) is 44.9. The lowest BCUT2D eigenvalue weighted by molar-refractivity contribution is -0.185. The summed E-state index contributed by atoms with van der Waals surface area (Å²) in [7, 11) is 0. The topological polar surface area (TPSA) is 71.1 Å². The van der Waals surface area contributed by atoms with E-state index in [1.165, 1.54) is 42.0 Å². The maximum Gasteiger partial charge on any atom is 0.426 e. The van der Waals surface area contributed by atoms with E-state index in [4.69, 9.17) is 9.47 Å². The van der Waals surface area contributed by atoms with Crippen molar-refractivity contribution in [2.24, 2.45) is 0 Å². The van der Waals surface area contributed by atoms with Gasteiger partial charge in [-0.05, 0) is 114 Å². The molecule has 0 radical (unpaired) electrons. The van der Waals surface area contributed by atoms with Gasteiger partial charge in [0, 0.05) is 16.7 Å². The third kappa shape index (κ3) is 26.4. The first-order valence-electron chi connectivity index (χ1n) is 24.9. The second-order valence-corrected chi connectivity index (χ2v) is 12.9. The Balaban J connectivity index is -0.000000931. The van der Waals surface area contributed by atoms with Gasteiger partial charge in [-0.15, -0.1) is 0 Å². The zero-order valence-electron chi connectivity index (χ0n) is 44.9. The summed E-state index contributed by atoms with van der Waals surface area (Å²) in [5, 5.41) is 0. The molecule has 0 aromatic heterocycles. The van der Waals surface area contributed by atoms with Gasteiger partial charge < -0.3 is 14.2 Å². The quantitative estimate of drug-likeness (QED) is 0.0652. The van der Waals surface area contributed by atoms with Crippen LogP contribution in [0.2, 0.25) is 0 Å². The van der Waals surface area contributed by atoms with Gasteiger partial charge in [0.2, 0.25) is 0 Å².